The van der Waals surface area contributed by atoms with Crippen LogP contribution in [0, 0.1) is 0 Å². The molecule has 0 atom stereocenters. The molecule has 0 heterocycles. The Morgan fingerprint density at radius 2 is 1.92 bits per heavy atom. The van der Waals surface area contributed by atoms with Crippen LogP contribution in [0.15, 0.2) is 30.3 Å². The lowest BCUT2D eigenvalue weighted by molar-refractivity contribution is -0.131. The molecule has 0 unspecified atom stereocenters. The fraction of sp³-hybridized carbons (Fsp3) is 0.474. The van der Waals surface area contributed by atoms with Gasteiger partial charge in [-0.3, -0.25) is 9.59 Å². The third kappa shape index (κ3) is 7.31. The number of amides is 2. The minimum Gasteiger partial charge on any atom is -0.497 e. The van der Waals surface area contributed by atoms with Crippen molar-refractivity contribution in [1.29, 1.82) is 0 Å². The third-order valence-electron chi connectivity index (χ3n) is 3.70. The highest BCUT2D eigenvalue weighted by Gasteiger charge is 2.10. The summed E-state index contributed by atoms with van der Waals surface area (Å²) in [4.78, 5) is 25.7. The van der Waals surface area contributed by atoms with Crippen LogP contribution in [0.4, 0.5) is 0 Å². The topological polar surface area (TPSA) is 58.6 Å². The van der Waals surface area contributed by atoms with Gasteiger partial charge in [0.15, 0.2) is 0 Å². The number of benzene rings is 1. The molecule has 0 fully saturated rings. The number of ether oxygens (including phenoxy) is 1. The average molecular weight is 332 g/mol. The second-order valence-electron chi connectivity index (χ2n) is 5.47. The number of nitrogens with one attached hydrogen (secondary N) is 1. The fourth-order valence-corrected chi connectivity index (χ4v) is 2.20. The van der Waals surface area contributed by atoms with Crippen molar-refractivity contribution in [1.82, 2.24) is 10.2 Å². The summed E-state index contributed by atoms with van der Waals surface area (Å²) in [5, 5.41) is 2.74. The van der Waals surface area contributed by atoms with Crippen LogP contribution in [0.5, 0.6) is 5.75 Å². The zero-order chi connectivity index (χ0) is 17.8. The molecule has 0 saturated heterocycles. The highest BCUT2D eigenvalue weighted by molar-refractivity contribution is 5.92. The zero-order valence-corrected chi connectivity index (χ0v) is 14.9. The highest BCUT2D eigenvalue weighted by atomic mass is 16.5. The van der Waals surface area contributed by atoms with E-state index in [1.165, 1.54) is 6.08 Å². The maximum atomic E-state index is 12.0. The van der Waals surface area contributed by atoms with E-state index in [1.807, 2.05) is 36.1 Å². The molecule has 0 aliphatic heterocycles. The number of nitrogens with zero attached hydrogens (tertiary/aromatic N) is 1. The van der Waals surface area contributed by atoms with Crippen LogP contribution in [-0.4, -0.2) is 43.5 Å². The monoisotopic (exact) mass is 332 g/mol. The van der Waals surface area contributed by atoms with Gasteiger partial charge in [-0.25, -0.2) is 0 Å². The van der Waals surface area contributed by atoms with Crippen LogP contribution < -0.4 is 10.1 Å². The number of methoxy groups -OCH3 is 1. The average Bonchev–Trinajstić information content (AvgIpc) is 2.61. The molecule has 0 aromatic heterocycles. The van der Waals surface area contributed by atoms with Crippen molar-refractivity contribution in [3.05, 3.63) is 35.9 Å². The number of hydrogen-bond donors (Lipinski definition) is 1. The lowest BCUT2D eigenvalue weighted by Gasteiger charge is -2.20. The lowest BCUT2D eigenvalue weighted by atomic mass is 10.2. The molecule has 24 heavy (non-hydrogen) atoms. The van der Waals surface area contributed by atoms with Gasteiger partial charge in [-0.1, -0.05) is 25.5 Å². The second kappa shape index (κ2) is 11.3. The lowest BCUT2D eigenvalue weighted by Crippen LogP contribution is -2.34. The van der Waals surface area contributed by atoms with Crippen molar-refractivity contribution < 1.29 is 14.3 Å². The van der Waals surface area contributed by atoms with E-state index < -0.39 is 0 Å². The van der Waals surface area contributed by atoms with Gasteiger partial charge in [-0.05, 0) is 37.1 Å². The summed E-state index contributed by atoms with van der Waals surface area (Å²) in [6, 6.07) is 7.43. The van der Waals surface area contributed by atoms with Gasteiger partial charge in [0.2, 0.25) is 11.8 Å². The smallest absolute Gasteiger partial charge is 0.244 e. The predicted octanol–water partition coefficient (Wildman–Crippen LogP) is 2.86. The Bertz CT molecular complexity index is 538. The standard InChI is InChI=1S/C19H28N2O3/c1-4-6-15-21(5-2)19(23)13-14-20-18(22)12-9-16-7-10-17(24-3)11-8-16/h7-12H,4-6,13-15H2,1-3H3,(H,20,22)/b12-9+. The molecule has 1 aromatic rings. The van der Waals surface area contributed by atoms with Crippen molar-refractivity contribution in [3.8, 4) is 5.75 Å². The first-order chi connectivity index (χ1) is 11.6. The number of unbranched alkanes of at least 4 members (excludes halogenated alkanes) is 1. The van der Waals surface area contributed by atoms with Gasteiger partial charge >= 0.3 is 0 Å². The molecule has 1 N–H and O–H groups in total. The first-order valence-electron chi connectivity index (χ1n) is 8.48. The molecular weight excluding hydrogens is 304 g/mol. The Balaban J connectivity index is 2.34. The van der Waals surface area contributed by atoms with Gasteiger partial charge in [-0.2, -0.15) is 0 Å². The predicted molar refractivity (Wildman–Crippen MR) is 96.8 cm³/mol. The van der Waals surface area contributed by atoms with Gasteiger partial charge in [0.25, 0.3) is 0 Å². The summed E-state index contributed by atoms with van der Waals surface area (Å²) in [5.41, 5.74) is 0.916. The van der Waals surface area contributed by atoms with Crippen LogP contribution in [0.3, 0.4) is 0 Å². The molecule has 1 aromatic carbocycles. The number of carbonyl (C=O) groups excluding carboxylic acids is 2. The summed E-state index contributed by atoms with van der Waals surface area (Å²) in [7, 11) is 1.61. The Morgan fingerprint density at radius 3 is 2.50 bits per heavy atom. The second-order valence-corrected chi connectivity index (χ2v) is 5.47. The molecule has 0 spiro atoms. The minimum atomic E-state index is -0.199. The largest absolute Gasteiger partial charge is 0.497 e. The molecule has 0 saturated carbocycles. The van der Waals surface area contributed by atoms with Crippen LogP contribution in [0.25, 0.3) is 6.08 Å². The van der Waals surface area contributed by atoms with Gasteiger partial charge in [0.05, 0.1) is 7.11 Å². The quantitative estimate of drug-likeness (QED) is 0.670. The molecule has 0 aliphatic carbocycles. The Hall–Kier alpha value is -2.30. The molecule has 0 radical (unpaired) electrons. The number of carbonyl (C=O) groups is 2. The van der Waals surface area contributed by atoms with Crippen molar-refractivity contribution in [2.75, 3.05) is 26.7 Å². The van der Waals surface area contributed by atoms with E-state index in [0.29, 0.717) is 19.5 Å². The zero-order valence-electron chi connectivity index (χ0n) is 14.9. The molecule has 5 nitrogen and oxygen atoms in total. The van der Waals surface area contributed by atoms with Crippen LogP contribution >= 0.6 is 0 Å². The summed E-state index contributed by atoms with van der Waals surface area (Å²) in [5.74, 6) is 0.666. The molecule has 1 rings (SSSR count). The first kappa shape index (κ1) is 19.7. The summed E-state index contributed by atoms with van der Waals surface area (Å²) >= 11 is 0. The molecule has 2 amide bonds. The van der Waals surface area contributed by atoms with Gasteiger partial charge in [0, 0.05) is 32.1 Å². The van der Waals surface area contributed by atoms with E-state index in [9.17, 15) is 9.59 Å². The maximum absolute atomic E-state index is 12.0. The maximum Gasteiger partial charge on any atom is 0.244 e. The van der Waals surface area contributed by atoms with E-state index in [2.05, 4.69) is 12.2 Å². The van der Waals surface area contributed by atoms with Crippen LogP contribution in [0.2, 0.25) is 0 Å². The van der Waals surface area contributed by atoms with Crippen molar-refractivity contribution in [2.24, 2.45) is 0 Å². The minimum absolute atomic E-state index is 0.0883. The molecule has 132 valence electrons. The Morgan fingerprint density at radius 1 is 1.21 bits per heavy atom. The van der Waals surface area contributed by atoms with E-state index in [1.54, 1.807) is 13.2 Å². The SMILES string of the molecule is CCCCN(CC)C(=O)CCNC(=O)/C=C/c1ccc(OC)cc1. The van der Waals surface area contributed by atoms with Crippen molar-refractivity contribution >= 4 is 17.9 Å². The van der Waals surface area contributed by atoms with Crippen molar-refractivity contribution in [3.63, 3.8) is 0 Å². The van der Waals surface area contributed by atoms with E-state index in [0.717, 1.165) is 30.7 Å². The summed E-state index contributed by atoms with van der Waals surface area (Å²) in [6.07, 6.45) is 5.62. The highest BCUT2D eigenvalue weighted by Crippen LogP contribution is 2.12. The normalized spacial score (nSPS) is 10.6. The third-order valence-corrected chi connectivity index (χ3v) is 3.70. The number of hydrogen-bond acceptors (Lipinski definition) is 3. The Kier molecular flexibility index (Phi) is 9.27. The Labute approximate surface area is 144 Å². The van der Waals surface area contributed by atoms with Gasteiger partial charge < -0.3 is 15.0 Å². The molecule has 0 bridgehead atoms. The van der Waals surface area contributed by atoms with Gasteiger partial charge in [-0.15, -0.1) is 0 Å². The first-order valence-corrected chi connectivity index (χ1v) is 8.48. The molecule has 5 heteroatoms. The summed E-state index contributed by atoms with van der Waals surface area (Å²) < 4.78 is 5.08. The number of rotatable bonds is 10. The fourth-order valence-electron chi connectivity index (χ4n) is 2.20. The van der Waals surface area contributed by atoms with E-state index in [-0.39, 0.29) is 11.8 Å². The molecule has 0 aliphatic rings. The van der Waals surface area contributed by atoms with E-state index >= 15 is 0 Å². The molecular formula is C19H28N2O3. The van der Waals surface area contributed by atoms with Gasteiger partial charge in [0.1, 0.15) is 5.75 Å². The van der Waals surface area contributed by atoms with Crippen LogP contribution in [0.1, 0.15) is 38.7 Å². The summed E-state index contributed by atoms with van der Waals surface area (Å²) in [6.45, 7) is 5.94. The van der Waals surface area contributed by atoms with E-state index in [4.69, 9.17) is 4.74 Å². The van der Waals surface area contributed by atoms with Crippen molar-refractivity contribution in [2.45, 2.75) is 33.1 Å². The van der Waals surface area contributed by atoms with Crippen LogP contribution in [-0.2, 0) is 9.59 Å².